The minimum absolute atomic E-state index is 0.0527. The molecule has 1 aromatic rings. The predicted octanol–water partition coefficient (Wildman–Crippen LogP) is 2.58. The Balaban J connectivity index is 2.20. The monoisotopic (exact) mass is 293 g/mol. The minimum atomic E-state index is -0.163. The van der Waals surface area contributed by atoms with Gasteiger partial charge in [-0.05, 0) is 45.4 Å². The summed E-state index contributed by atoms with van der Waals surface area (Å²) in [6, 6.07) is 5.85. The molecule has 4 nitrogen and oxygen atoms in total. The Morgan fingerprint density at radius 2 is 1.81 bits per heavy atom. The van der Waals surface area contributed by atoms with Gasteiger partial charge in [-0.1, -0.05) is 6.07 Å². The van der Waals surface area contributed by atoms with E-state index in [1.807, 2.05) is 18.2 Å². The third kappa shape index (κ3) is 4.19. The summed E-state index contributed by atoms with van der Waals surface area (Å²) in [4.78, 5) is 2.39. The van der Waals surface area contributed by atoms with E-state index in [2.05, 4.69) is 32.6 Å². The second-order valence-corrected chi connectivity index (χ2v) is 7.07. The van der Waals surface area contributed by atoms with E-state index in [0.29, 0.717) is 0 Å². The molecule has 1 aliphatic rings. The van der Waals surface area contributed by atoms with Crippen LogP contribution in [0.4, 0.5) is 0 Å². The first-order valence-electron chi connectivity index (χ1n) is 7.44. The summed E-state index contributed by atoms with van der Waals surface area (Å²) >= 11 is 0. The van der Waals surface area contributed by atoms with Crippen LogP contribution in [0.15, 0.2) is 18.2 Å². The van der Waals surface area contributed by atoms with Crippen LogP contribution in [0, 0.1) is 0 Å². The fourth-order valence-electron chi connectivity index (χ4n) is 3.35. The fourth-order valence-corrected chi connectivity index (χ4v) is 3.35. The molecule has 21 heavy (non-hydrogen) atoms. The van der Waals surface area contributed by atoms with Gasteiger partial charge >= 0.3 is 0 Å². The Bertz CT molecular complexity index is 481. The quantitative estimate of drug-likeness (QED) is 0.926. The Kier molecular flexibility index (Phi) is 4.61. The van der Waals surface area contributed by atoms with E-state index in [9.17, 15) is 5.11 Å². The normalized spacial score (nSPS) is 21.2. The lowest BCUT2D eigenvalue weighted by atomic mass is 9.98. The zero-order valence-corrected chi connectivity index (χ0v) is 13.8. The lowest BCUT2D eigenvalue weighted by Crippen LogP contribution is -2.56. The Morgan fingerprint density at radius 1 is 1.19 bits per heavy atom. The molecule has 1 aromatic carbocycles. The molecule has 1 heterocycles. The first-order chi connectivity index (χ1) is 9.74. The number of nitrogens with zero attached hydrogens (tertiary/aromatic N) is 1. The van der Waals surface area contributed by atoms with Crippen LogP contribution < -0.4 is 4.74 Å². The number of morpholine rings is 1. The van der Waals surface area contributed by atoms with Crippen molar-refractivity contribution in [3.8, 4) is 5.75 Å². The molecule has 0 saturated carbocycles. The molecule has 1 fully saturated rings. The summed E-state index contributed by atoms with van der Waals surface area (Å²) in [5.41, 5.74) is 1.70. The van der Waals surface area contributed by atoms with Crippen LogP contribution in [0.5, 0.6) is 5.75 Å². The van der Waals surface area contributed by atoms with E-state index in [-0.39, 0.29) is 17.8 Å². The Morgan fingerprint density at radius 3 is 2.33 bits per heavy atom. The van der Waals surface area contributed by atoms with E-state index in [0.717, 1.165) is 36.5 Å². The van der Waals surface area contributed by atoms with Gasteiger partial charge in [-0.25, -0.2) is 0 Å². The molecular formula is C17H27NO3. The van der Waals surface area contributed by atoms with Gasteiger partial charge in [0.1, 0.15) is 5.75 Å². The number of ether oxygens (including phenoxy) is 2. The summed E-state index contributed by atoms with van der Waals surface area (Å²) in [5, 5.41) is 9.32. The van der Waals surface area contributed by atoms with Crippen molar-refractivity contribution in [1.82, 2.24) is 4.90 Å². The molecule has 4 heteroatoms. The number of hydrogen-bond donors (Lipinski definition) is 1. The SMILES string of the molecule is COc1ccc(CO)cc1CN1CC(C)(C)OC(C)(C)C1. The van der Waals surface area contributed by atoms with Gasteiger partial charge in [-0.3, -0.25) is 4.90 Å². The maximum Gasteiger partial charge on any atom is 0.123 e. The summed E-state index contributed by atoms with van der Waals surface area (Å²) in [6.07, 6.45) is 0. The van der Waals surface area contributed by atoms with Crippen LogP contribution in [0.3, 0.4) is 0 Å². The number of aliphatic hydroxyl groups excluding tert-OH is 1. The first kappa shape index (κ1) is 16.3. The molecule has 0 atom stereocenters. The van der Waals surface area contributed by atoms with Crippen molar-refractivity contribution in [3.63, 3.8) is 0 Å². The van der Waals surface area contributed by atoms with Crippen molar-refractivity contribution >= 4 is 0 Å². The van der Waals surface area contributed by atoms with E-state index in [4.69, 9.17) is 9.47 Å². The van der Waals surface area contributed by atoms with Crippen LogP contribution in [0.25, 0.3) is 0 Å². The number of hydrogen-bond acceptors (Lipinski definition) is 4. The van der Waals surface area contributed by atoms with Crippen molar-refractivity contribution in [2.45, 2.75) is 52.0 Å². The van der Waals surface area contributed by atoms with E-state index < -0.39 is 0 Å². The molecule has 0 amide bonds. The highest BCUT2D eigenvalue weighted by atomic mass is 16.5. The zero-order valence-electron chi connectivity index (χ0n) is 13.8. The third-order valence-electron chi connectivity index (χ3n) is 3.68. The molecule has 0 aliphatic carbocycles. The van der Waals surface area contributed by atoms with Gasteiger partial charge in [0.05, 0.1) is 24.9 Å². The van der Waals surface area contributed by atoms with E-state index in [1.165, 1.54) is 0 Å². The van der Waals surface area contributed by atoms with Crippen molar-refractivity contribution < 1.29 is 14.6 Å². The fraction of sp³-hybridized carbons (Fsp3) is 0.647. The summed E-state index contributed by atoms with van der Waals surface area (Å²) in [6.45, 7) is 11.1. The molecule has 0 radical (unpaired) electrons. The number of rotatable bonds is 4. The lowest BCUT2D eigenvalue weighted by Gasteiger charge is -2.47. The lowest BCUT2D eigenvalue weighted by molar-refractivity contribution is -0.182. The smallest absolute Gasteiger partial charge is 0.123 e. The molecule has 0 aromatic heterocycles. The number of aliphatic hydroxyl groups is 1. The highest BCUT2D eigenvalue weighted by Gasteiger charge is 2.38. The maximum absolute atomic E-state index is 9.32. The molecule has 0 unspecified atom stereocenters. The summed E-state index contributed by atoms with van der Waals surface area (Å²) in [7, 11) is 1.69. The highest BCUT2D eigenvalue weighted by Crippen LogP contribution is 2.30. The standard InChI is InChI=1S/C17H27NO3/c1-16(2)11-18(12-17(3,4)21-16)9-14-8-13(10-19)6-7-15(14)20-5/h6-8,19H,9-12H2,1-5H3. The van der Waals surface area contributed by atoms with Crippen LogP contribution >= 0.6 is 0 Å². The molecular weight excluding hydrogens is 266 g/mol. The summed E-state index contributed by atoms with van der Waals surface area (Å²) < 4.78 is 11.6. The van der Waals surface area contributed by atoms with Crippen LogP contribution in [0.2, 0.25) is 0 Å². The van der Waals surface area contributed by atoms with Gasteiger partial charge in [0.25, 0.3) is 0 Å². The number of methoxy groups -OCH3 is 1. The topological polar surface area (TPSA) is 41.9 Å². The molecule has 1 aliphatic heterocycles. The van der Waals surface area contributed by atoms with Crippen LogP contribution in [-0.2, 0) is 17.9 Å². The van der Waals surface area contributed by atoms with E-state index in [1.54, 1.807) is 7.11 Å². The van der Waals surface area contributed by atoms with Gasteiger partial charge in [0.15, 0.2) is 0 Å². The van der Waals surface area contributed by atoms with Crippen molar-refractivity contribution in [2.24, 2.45) is 0 Å². The number of benzene rings is 1. The van der Waals surface area contributed by atoms with Gasteiger partial charge in [0, 0.05) is 25.2 Å². The van der Waals surface area contributed by atoms with Gasteiger partial charge < -0.3 is 14.6 Å². The van der Waals surface area contributed by atoms with Gasteiger partial charge in [0.2, 0.25) is 0 Å². The zero-order chi connectivity index (χ0) is 15.7. The average molecular weight is 293 g/mol. The van der Waals surface area contributed by atoms with Crippen LogP contribution in [-0.4, -0.2) is 41.4 Å². The Hall–Kier alpha value is -1.10. The minimum Gasteiger partial charge on any atom is -0.496 e. The van der Waals surface area contributed by atoms with Gasteiger partial charge in [-0.15, -0.1) is 0 Å². The summed E-state index contributed by atoms with van der Waals surface area (Å²) in [5.74, 6) is 0.870. The second kappa shape index (κ2) is 5.95. The largest absolute Gasteiger partial charge is 0.496 e. The molecule has 1 N–H and O–H groups in total. The third-order valence-corrected chi connectivity index (χ3v) is 3.68. The van der Waals surface area contributed by atoms with Crippen molar-refractivity contribution in [3.05, 3.63) is 29.3 Å². The van der Waals surface area contributed by atoms with Crippen molar-refractivity contribution in [1.29, 1.82) is 0 Å². The van der Waals surface area contributed by atoms with Crippen LogP contribution in [0.1, 0.15) is 38.8 Å². The Labute approximate surface area is 127 Å². The van der Waals surface area contributed by atoms with Gasteiger partial charge in [-0.2, -0.15) is 0 Å². The molecule has 2 rings (SSSR count). The molecule has 1 saturated heterocycles. The molecule has 118 valence electrons. The highest BCUT2D eigenvalue weighted by molar-refractivity contribution is 5.37. The molecule has 0 bridgehead atoms. The first-order valence-corrected chi connectivity index (χ1v) is 7.44. The predicted molar refractivity (Wildman–Crippen MR) is 83.4 cm³/mol. The average Bonchev–Trinajstić information content (AvgIpc) is 2.34. The second-order valence-electron chi connectivity index (χ2n) is 7.07. The van der Waals surface area contributed by atoms with Crippen molar-refractivity contribution in [2.75, 3.05) is 20.2 Å². The molecule has 0 spiro atoms. The maximum atomic E-state index is 9.32. The van der Waals surface area contributed by atoms with E-state index >= 15 is 0 Å².